The highest BCUT2D eigenvalue weighted by molar-refractivity contribution is 9.09. The van der Waals surface area contributed by atoms with E-state index in [4.69, 9.17) is 4.74 Å². The summed E-state index contributed by atoms with van der Waals surface area (Å²) in [5.74, 6) is -1.97. The van der Waals surface area contributed by atoms with Crippen molar-refractivity contribution in [3.63, 3.8) is 0 Å². The van der Waals surface area contributed by atoms with Crippen LogP contribution in [-0.2, 0) is 19.1 Å². The maximum absolute atomic E-state index is 13.0. The van der Waals surface area contributed by atoms with Crippen LogP contribution in [0.5, 0.6) is 0 Å². The van der Waals surface area contributed by atoms with Gasteiger partial charge in [0.25, 0.3) is 0 Å². The van der Waals surface area contributed by atoms with E-state index in [0.29, 0.717) is 6.42 Å². The highest BCUT2D eigenvalue weighted by Crippen LogP contribution is 2.33. The molecule has 4 nitrogen and oxygen atoms in total. The van der Waals surface area contributed by atoms with Crippen LogP contribution in [0.15, 0.2) is 0 Å². The molecule has 0 aliphatic rings. The SMILES string of the molecule is CCCCCCCCCCCCCCCCOC(=O)C(CC)(CC)C(=O)OC(CBr)C(F)(F)F. The molecule has 0 saturated heterocycles. The number of alkyl halides is 4. The molecule has 34 heavy (non-hydrogen) atoms. The predicted octanol–water partition coefficient (Wildman–Crippen LogP) is 8.69. The van der Waals surface area contributed by atoms with Gasteiger partial charge in [-0.1, -0.05) is 120 Å². The summed E-state index contributed by atoms with van der Waals surface area (Å²) in [7, 11) is 0. The van der Waals surface area contributed by atoms with Gasteiger partial charge in [0, 0.05) is 5.33 Å². The lowest BCUT2D eigenvalue weighted by Gasteiger charge is -2.29. The lowest BCUT2D eigenvalue weighted by Crippen LogP contribution is -2.45. The van der Waals surface area contributed by atoms with Crippen LogP contribution in [0.25, 0.3) is 0 Å². The molecule has 0 radical (unpaired) electrons. The first-order chi connectivity index (χ1) is 16.2. The Morgan fingerprint density at radius 2 is 1.12 bits per heavy atom. The molecule has 0 spiro atoms. The Labute approximate surface area is 213 Å². The summed E-state index contributed by atoms with van der Waals surface area (Å²) in [6.45, 7) is 5.55. The number of ether oxygens (including phenoxy) is 2. The smallest absolute Gasteiger partial charge is 0.426 e. The van der Waals surface area contributed by atoms with Crippen molar-refractivity contribution in [2.24, 2.45) is 5.41 Å². The molecule has 0 N–H and O–H groups in total. The van der Waals surface area contributed by atoms with Gasteiger partial charge in [0.15, 0.2) is 5.41 Å². The highest BCUT2D eigenvalue weighted by Gasteiger charge is 2.50. The average molecular weight is 560 g/mol. The zero-order valence-electron chi connectivity index (χ0n) is 21.5. The van der Waals surface area contributed by atoms with E-state index in [0.717, 1.165) is 19.3 Å². The van der Waals surface area contributed by atoms with Crippen LogP contribution in [0.1, 0.15) is 124 Å². The summed E-state index contributed by atoms with van der Waals surface area (Å²) in [6, 6.07) is 0. The fraction of sp³-hybridized carbons (Fsp3) is 0.923. The third-order valence-electron chi connectivity index (χ3n) is 6.47. The first-order valence-electron chi connectivity index (χ1n) is 13.2. The lowest BCUT2D eigenvalue weighted by molar-refractivity contribution is -0.222. The second-order valence-corrected chi connectivity index (χ2v) is 9.76. The van der Waals surface area contributed by atoms with Gasteiger partial charge >= 0.3 is 18.1 Å². The van der Waals surface area contributed by atoms with Crippen molar-refractivity contribution >= 4 is 27.9 Å². The van der Waals surface area contributed by atoms with E-state index in [2.05, 4.69) is 27.6 Å². The van der Waals surface area contributed by atoms with Crippen molar-refractivity contribution in [3.05, 3.63) is 0 Å². The Morgan fingerprint density at radius 3 is 1.47 bits per heavy atom. The second-order valence-electron chi connectivity index (χ2n) is 9.11. The largest absolute Gasteiger partial charge is 0.465 e. The van der Waals surface area contributed by atoms with Crippen LogP contribution < -0.4 is 0 Å². The monoisotopic (exact) mass is 558 g/mol. The molecule has 0 aromatic rings. The molecular weight excluding hydrogens is 513 g/mol. The van der Waals surface area contributed by atoms with Gasteiger partial charge < -0.3 is 9.47 Å². The molecule has 0 bridgehead atoms. The highest BCUT2D eigenvalue weighted by atomic mass is 79.9. The van der Waals surface area contributed by atoms with Crippen molar-refractivity contribution in [1.29, 1.82) is 0 Å². The molecule has 0 aliphatic heterocycles. The maximum Gasteiger partial charge on any atom is 0.426 e. The number of hydrogen-bond donors (Lipinski definition) is 0. The molecule has 202 valence electrons. The summed E-state index contributed by atoms with van der Waals surface area (Å²) in [5, 5.41) is -0.583. The number of rotatable bonds is 21. The fourth-order valence-corrected chi connectivity index (χ4v) is 4.44. The summed E-state index contributed by atoms with van der Waals surface area (Å²) < 4.78 is 48.8. The summed E-state index contributed by atoms with van der Waals surface area (Å²) in [5.41, 5.74) is -1.71. The van der Waals surface area contributed by atoms with Gasteiger partial charge in [-0.2, -0.15) is 13.2 Å². The fourth-order valence-electron chi connectivity index (χ4n) is 3.94. The molecule has 0 heterocycles. The van der Waals surface area contributed by atoms with Crippen molar-refractivity contribution in [2.45, 2.75) is 136 Å². The van der Waals surface area contributed by atoms with Gasteiger partial charge in [0.05, 0.1) is 6.61 Å². The Hall–Kier alpha value is -0.790. The van der Waals surface area contributed by atoms with E-state index in [-0.39, 0.29) is 19.4 Å². The van der Waals surface area contributed by atoms with Crippen LogP contribution in [0.4, 0.5) is 13.2 Å². The lowest BCUT2D eigenvalue weighted by atomic mass is 9.82. The predicted molar refractivity (Wildman–Crippen MR) is 134 cm³/mol. The van der Waals surface area contributed by atoms with Crippen molar-refractivity contribution in [1.82, 2.24) is 0 Å². The molecule has 0 aromatic carbocycles. The molecule has 0 rings (SSSR count). The third kappa shape index (κ3) is 13.3. The van der Waals surface area contributed by atoms with E-state index in [1.165, 1.54) is 64.2 Å². The van der Waals surface area contributed by atoms with Crippen molar-refractivity contribution < 1.29 is 32.2 Å². The molecule has 1 atom stereocenters. The number of hydrogen-bond acceptors (Lipinski definition) is 4. The minimum atomic E-state index is -4.70. The quantitative estimate of drug-likeness (QED) is 0.0611. The Balaban J connectivity index is 4.09. The molecular formula is C26H46BrF3O4. The zero-order chi connectivity index (χ0) is 25.9. The van der Waals surface area contributed by atoms with Gasteiger partial charge in [-0.15, -0.1) is 0 Å². The third-order valence-corrected chi connectivity index (χ3v) is 7.06. The van der Waals surface area contributed by atoms with E-state index in [9.17, 15) is 22.8 Å². The molecule has 1 unspecified atom stereocenters. The van der Waals surface area contributed by atoms with E-state index < -0.39 is 35.0 Å². The van der Waals surface area contributed by atoms with Crippen LogP contribution >= 0.6 is 15.9 Å². The topological polar surface area (TPSA) is 52.6 Å². The number of unbranched alkanes of at least 4 members (excludes halogenated alkanes) is 13. The van der Waals surface area contributed by atoms with Crippen LogP contribution in [0.2, 0.25) is 0 Å². The van der Waals surface area contributed by atoms with Crippen LogP contribution in [0, 0.1) is 5.41 Å². The molecule has 0 fully saturated rings. The van der Waals surface area contributed by atoms with E-state index >= 15 is 0 Å². The van der Waals surface area contributed by atoms with Gasteiger partial charge in [-0.3, -0.25) is 9.59 Å². The van der Waals surface area contributed by atoms with Gasteiger partial charge in [-0.25, -0.2) is 0 Å². The number of carbonyl (C=O) groups is 2. The molecule has 0 aromatic heterocycles. The summed E-state index contributed by atoms with van der Waals surface area (Å²) in [6.07, 6.45) is 9.99. The second kappa shape index (κ2) is 19.4. The molecule has 0 saturated carbocycles. The zero-order valence-corrected chi connectivity index (χ0v) is 23.0. The minimum absolute atomic E-state index is 0.0206. The first-order valence-corrected chi connectivity index (χ1v) is 14.3. The number of carbonyl (C=O) groups excluding carboxylic acids is 2. The Morgan fingerprint density at radius 1 is 0.706 bits per heavy atom. The Bertz CT molecular complexity index is 537. The normalized spacial score (nSPS) is 13.0. The van der Waals surface area contributed by atoms with Crippen molar-refractivity contribution in [3.8, 4) is 0 Å². The summed E-state index contributed by atoms with van der Waals surface area (Å²) in [4.78, 5) is 25.1. The standard InChI is InChI=1S/C26H46BrF3O4/c1-4-7-8-9-10-11-12-13-14-15-16-17-18-19-20-33-23(31)25(5-2,6-3)24(32)34-22(21-27)26(28,29)30/h22H,4-21H2,1-3H3. The van der Waals surface area contributed by atoms with Gasteiger partial charge in [0.2, 0.25) is 6.10 Å². The number of esters is 2. The van der Waals surface area contributed by atoms with Gasteiger partial charge in [0.1, 0.15) is 0 Å². The van der Waals surface area contributed by atoms with Crippen LogP contribution in [-0.4, -0.2) is 36.2 Å². The number of halogens is 4. The van der Waals surface area contributed by atoms with E-state index in [1.807, 2.05) is 0 Å². The van der Waals surface area contributed by atoms with E-state index in [1.54, 1.807) is 13.8 Å². The Kier molecular flexibility index (Phi) is 19.0. The van der Waals surface area contributed by atoms with Crippen molar-refractivity contribution in [2.75, 3.05) is 11.9 Å². The maximum atomic E-state index is 13.0. The average Bonchev–Trinajstić information content (AvgIpc) is 2.80. The summed E-state index contributed by atoms with van der Waals surface area (Å²) >= 11 is 2.72. The van der Waals surface area contributed by atoms with Crippen LogP contribution in [0.3, 0.4) is 0 Å². The first kappa shape index (κ1) is 33.2. The minimum Gasteiger partial charge on any atom is -0.465 e. The van der Waals surface area contributed by atoms with Gasteiger partial charge in [-0.05, 0) is 19.3 Å². The molecule has 8 heteroatoms. The molecule has 0 aliphatic carbocycles. The molecule has 0 amide bonds.